The number of rotatable bonds is 4. The maximum Gasteiger partial charge on any atom is 0.340 e. The largest absolute Gasteiger partial charge is 0.462 e. The molecular formula is C21H20N2O4. The van der Waals surface area contributed by atoms with Crippen molar-refractivity contribution in [2.45, 2.75) is 25.3 Å². The van der Waals surface area contributed by atoms with Crippen molar-refractivity contribution in [2.24, 2.45) is 5.92 Å². The minimum Gasteiger partial charge on any atom is -0.462 e. The van der Waals surface area contributed by atoms with E-state index in [-0.39, 0.29) is 23.6 Å². The topological polar surface area (TPSA) is 81.5 Å². The summed E-state index contributed by atoms with van der Waals surface area (Å²) in [5.74, 6) is 0.164. The molecule has 0 radical (unpaired) electrons. The van der Waals surface area contributed by atoms with Gasteiger partial charge in [0.25, 0.3) is 5.69 Å². The third-order valence-corrected chi connectivity index (χ3v) is 5.36. The molecule has 0 spiro atoms. The lowest BCUT2D eigenvalue weighted by atomic mass is 9.76. The zero-order chi connectivity index (χ0) is 19.0. The minimum atomic E-state index is -0.397. The Morgan fingerprint density at radius 1 is 1.26 bits per heavy atom. The van der Waals surface area contributed by atoms with Crippen LogP contribution in [0.1, 0.15) is 46.8 Å². The first-order chi connectivity index (χ1) is 13.1. The number of nitrogens with one attached hydrogen (secondary N) is 1. The lowest BCUT2D eigenvalue weighted by Crippen LogP contribution is -2.30. The first-order valence-electron chi connectivity index (χ1n) is 9.07. The molecule has 2 aromatic carbocycles. The molecule has 6 heteroatoms. The van der Waals surface area contributed by atoms with Crippen LogP contribution >= 0.6 is 0 Å². The summed E-state index contributed by atoms with van der Waals surface area (Å²) in [5, 5.41) is 14.5. The van der Waals surface area contributed by atoms with E-state index >= 15 is 0 Å². The van der Waals surface area contributed by atoms with Gasteiger partial charge in [0.1, 0.15) is 0 Å². The highest BCUT2D eigenvalue weighted by Crippen LogP contribution is 2.50. The summed E-state index contributed by atoms with van der Waals surface area (Å²) in [6.45, 7) is 2.11. The van der Waals surface area contributed by atoms with E-state index in [4.69, 9.17) is 4.74 Å². The van der Waals surface area contributed by atoms with Crippen molar-refractivity contribution in [3.05, 3.63) is 81.4 Å². The van der Waals surface area contributed by atoms with Gasteiger partial charge in [-0.05, 0) is 36.5 Å². The van der Waals surface area contributed by atoms with E-state index in [1.165, 1.54) is 12.1 Å². The van der Waals surface area contributed by atoms with Gasteiger partial charge in [0, 0.05) is 18.1 Å². The summed E-state index contributed by atoms with van der Waals surface area (Å²) < 4.78 is 5.22. The number of carbonyl (C=O) groups excluding carboxylic acids is 1. The summed E-state index contributed by atoms with van der Waals surface area (Å²) in [6.07, 6.45) is 5.28. The highest BCUT2D eigenvalue weighted by Gasteiger charge is 2.39. The van der Waals surface area contributed by atoms with Crippen LogP contribution in [0.3, 0.4) is 0 Å². The predicted octanol–water partition coefficient (Wildman–Crippen LogP) is 4.60. The van der Waals surface area contributed by atoms with Crippen molar-refractivity contribution in [2.75, 3.05) is 11.9 Å². The molecule has 0 amide bonds. The molecule has 2 aliphatic rings. The van der Waals surface area contributed by atoms with Crippen LogP contribution in [-0.4, -0.2) is 17.5 Å². The van der Waals surface area contributed by atoms with E-state index in [1.54, 1.807) is 25.1 Å². The maximum atomic E-state index is 12.4. The molecule has 1 aliphatic carbocycles. The van der Waals surface area contributed by atoms with Crippen molar-refractivity contribution in [3.63, 3.8) is 0 Å². The molecule has 0 saturated carbocycles. The zero-order valence-corrected chi connectivity index (χ0v) is 14.9. The number of nitro groups is 1. The Kier molecular flexibility index (Phi) is 4.39. The van der Waals surface area contributed by atoms with Crippen LogP contribution in [0.5, 0.6) is 0 Å². The number of anilines is 1. The molecule has 0 saturated heterocycles. The Bertz CT molecular complexity index is 920. The molecule has 1 N–H and O–H groups in total. The summed E-state index contributed by atoms with van der Waals surface area (Å²) in [5.41, 5.74) is 3.47. The van der Waals surface area contributed by atoms with E-state index in [1.807, 2.05) is 12.1 Å². The monoisotopic (exact) mass is 364 g/mol. The van der Waals surface area contributed by atoms with E-state index in [0.29, 0.717) is 18.1 Å². The Labute approximate surface area is 157 Å². The lowest BCUT2D eigenvalue weighted by Gasteiger charge is -2.38. The van der Waals surface area contributed by atoms with Crippen molar-refractivity contribution in [3.8, 4) is 0 Å². The molecule has 0 unspecified atom stereocenters. The van der Waals surface area contributed by atoms with Gasteiger partial charge < -0.3 is 10.1 Å². The first kappa shape index (κ1) is 17.3. The molecule has 6 nitrogen and oxygen atoms in total. The third-order valence-electron chi connectivity index (χ3n) is 5.36. The average Bonchev–Trinajstić information content (AvgIpc) is 3.17. The Morgan fingerprint density at radius 3 is 2.74 bits per heavy atom. The van der Waals surface area contributed by atoms with Crippen molar-refractivity contribution in [1.82, 2.24) is 0 Å². The van der Waals surface area contributed by atoms with E-state index < -0.39 is 4.92 Å². The van der Waals surface area contributed by atoms with Gasteiger partial charge in [-0.3, -0.25) is 10.1 Å². The second-order valence-corrected chi connectivity index (χ2v) is 6.81. The highest BCUT2D eigenvalue weighted by atomic mass is 16.6. The molecule has 4 rings (SSSR count). The Hall–Kier alpha value is -3.15. The van der Waals surface area contributed by atoms with Crippen molar-refractivity contribution < 1.29 is 14.5 Å². The van der Waals surface area contributed by atoms with Crippen LogP contribution in [0.25, 0.3) is 0 Å². The standard InChI is InChI=1S/C21H20N2O4/c1-2-27-21(24)18-8-4-7-17-15-5-3-6-16(15)19(22-20(17)18)13-9-11-14(12-10-13)23(25)26/h3-5,7-12,15-16,19,22H,2,6H2,1H3/t15-,16-,19-/m0/s1. The quantitative estimate of drug-likeness (QED) is 0.371. The first-order valence-corrected chi connectivity index (χ1v) is 9.07. The zero-order valence-electron chi connectivity index (χ0n) is 14.9. The molecule has 1 heterocycles. The fraction of sp³-hybridized carbons (Fsp3) is 0.286. The van der Waals surface area contributed by atoms with Gasteiger partial charge in [-0.25, -0.2) is 4.79 Å². The molecule has 3 atom stereocenters. The second-order valence-electron chi connectivity index (χ2n) is 6.81. The van der Waals surface area contributed by atoms with Gasteiger partial charge in [0.2, 0.25) is 0 Å². The molecule has 0 aromatic heterocycles. The fourth-order valence-corrected chi connectivity index (χ4v) is 4.13. The average molecular weight is 364 g/mol. The van der Waals surface area contributed by atoms with Gasteiger partial charge in [0.15, 0.2) is 0 Å². The summed E-state index contributed by atoms with van der Waals surface area (Å²) in [4.78, 5) is 23.0. The maximum absolute atomic E-state index is 12.4. The normalized spacial score (nSPS) is 22.5. The summed E-state index contributed by atoms with van der Waals surface area (Å²) in [6, 6.07) is 12.3. The molecule has 1 aliphatic heterocycles. The number of nitrogens with zero attached hydrogens (tertiary/aromatic N) is 1. The number of ether oxygens (including phenoxy) is 1. The summed E-state index contributed by atoms with van der Waals surface area (Å²) >= 11 is 0. The van der Waals surface area contributed by atoms with Crippen molar-refractivity contribution in [1.29, 1.82) is 0 Å². The van der Waals surface area contributed by atoms with Gasteiger partial charge in [-0.15, -0.1) is 0 Å². The molecule has 2 aromatic rings. The van der Waals surface area contributed by atoms with Crippen LogP contribution in [0.15, 0.2) is 54.6 Å². The highest BCUT2D eigenvalue weighted by molar-refractivity contribution is 5.97. The Morgan fingerprint density at radius 2 is 2.04 bits per heavy atom. The Balaban J connectivity index is 1.75. The number of para-hydroxylation sites is 1. The van der Waals surface area contributed by atoms with Crippen LogP contribution < -0.4 is 5.32 Å². The minimum absolute atomic E-state index is 0.0334. The van der Waals surface area contributed by atoms with Crippen LogP contribution in [0, 0.1) is 16.0 Å². The number of hydrogen-bond acceptors (Lipinski definition) is 5. The fourth-order valence-electron chi connectivity index (χ4n) is 4.13. The number of fused-ring (bicyclic) bond motifs is 3. The number of carbonyl (C=O) groups is 1. The number of benzene rings is 2. The number of allylic oxidation sites excluding steroid dienone is 2. The van der Waals surface area contributed by atoms with Gasteiger partial charge in [0.05, 0.1) is 28.8 Å². The van der Waals surface area contributed by atoms with Gasteiger partial charge >= 0.3 is 5.97 Å². The molecular weight excluding hydrogens is 344 g/mol. The van der Waals surface area contributed by atoms with Crippen molar-refractivity contribution >= 4 is 17.3 Å². The molecule has 0 fully saturated rings. The van der Waals surface area contributed by atoms with E-state index in [0.717, 1.165) is 23.2 Å². The predicted molar refractivity (Wildman–Crippen MR) is 102 cm³/mol. The molecule has 27 heavy (non-hydrogen) atoms. The van der Waals surface area contributed by atoms with E-state index in [2.05, 4.69) is 17.5 Å². The van der Waals surface area contributed by atoms with Crippen LogP contribution in [-0.2, 0) is 4.74 Å². The number of esters is 1. The SMILES string of the molecule is CCOC(=O)c1cccc2c1N[C@@H](c1ccc([N+](=O)[O-])cc1)[C@H]1CC=C[C@H]21. The second kappa shape index (κ2) is 6.87. The molecule has 0 bridgehead atoms. The van der Waals surface area contributed by atoms with Gasteiger partial charge in [-0.1, -0.05) is 36.4 Å². The van der Waals surface area contributed by atoms with Gasteiger partial charge in [-0.2, -0.15) is 0 Å². The molecule has 138 valence electrons. The van der Waals surface area contributed by atoms with Crippen LogP contribution in [0.2, 0.25) is 0 Å². The van der Waals surface area contributed by atoms with E-state index in [9.17, 15) is 14.9 Å². The van der Waals surface area contributed by atoms with Crippen LogP contribution in [0.4, 0.5) is 11.4 Å². The number of hydrogen-bond donors (Lipinski definition) is 1. The smallest absolute Gasteiger partial charge is 0.340 e. The lowest BCUT2D eigenvalue weighted by molar-refractivity contribution is -0.384. The number of nitro benzene ring substituents is 1. The summed E-state index contributed by atoms with van der Waals surface area (Å²) in [7, 11) is 0. The number of non-ortho nitro benzene ring substituents is 1. The third kappa shape index (κ3) is 2.97.